The van der Waals surface area contributed by atoms with Crippen LogP contribution in [0.15, 0.2) is 35.4 Å². The molecule has 3 aromatic rings. The third kappa shape index (κ3) is 7.72. The number of rotatable bonds is 11. The van der Waals surface area contributed by atoms with Gasteiger partial charge in [-0.25, -0.2) is 23.5 Å². The minimum absolute atomic E-state index is 0.00309. The summed E-state index contributed by atoms with van der Waals surface area (Å²) in [5.74, 6) is -1.06. The number of aromatic amines is 1. The van der Waals surface area contributed by atoms with Gasteiger partial charge in [0.2, 0.25) is 5.95 Å². The summed E-state index contributed by atoms with van der Waals surface area (Å²) in [6.45, 7) is -0.910. The maximum atomic E-state index is 13.0. The number of ether oxygens (including phenoxy) is 2. The van der Waals surface area contributed by atoms with Gasteiger partial charge in [0.1, 0.15) is 18.4 Å². The quantitative estimate of drug-likeness (QED) is 0.107. The highest BCUT2D eigenvalue weighted by atomic mass is 31.3. The minimum Gasteiger partial charge on any atom is -0.456 e. The van der Waals surface area contributed by atoms with Crippen molar-refractivity contribution in [2.45, 2.75) is 31.4 Å². The fraction of sp³-hybridized carbons (Fsp3) is 0.333. The highest BCUT2D eigenvalue weighted by Gasteiger charge is 2.44. The summed E-state index contributed by atoms with van der Waals surface area (Å²) in [4.78, 5) is 72.0. The summed E-state index contributed by atoms with van der Waals surface area (Å²) in [5.41, 5.74) is 11.2. The predicted octanol–water partition coefficient (Wildman–Crippen LogP) is 0.0169. The van der Waals surface area contributed by atoms with E-state index in [2.05, 4.69) is 28.1 Å². The van der Waals surface area contributed by atoms with Crippen LogP contribution in [-0.2, 0) is 42.9 Å². The molecule has 1 saturated heterocycles. The second-order valence-corrected chi connectivity index (χ2v) is 12.8. The summed E-state index contributed by atoms with van der Waals surface area (Å²) in [6.07, 6.45) is -2.55. The number of phosphoric acid groups is 3. The third-order valence-corrected chi connectivity index (χ3v) is 9.28. The smallest absolute Gasteiger partial charge is 0.456 e. The maximum Gasteiger partial charge on any atom is 0.490 e. The molecule has 0 spiro atoms. The molecule has 0 radical (unpaired) electrons. The Hall–Kier alpha value is -2.83. The lowest BCUT2D eigenvalue weighted by Crippen LogP contribution is -2.31. The molecule has 23 heteroatoms. The molecule has 5 atom stereocenters. The first kappa shape index (κ1) is 31.1. The molecule has 0 aliphatic carbocycles. The van der Waals surface area contributed by atoms with Crippen molar-refractivity contribution < 1.29 is 60.7 Å². The molecule has 9 N–H and O–H groups in total. The first-order valence-corrected chi connectivity index (χ1v) is 15.7. The molecule has 3 unspecified atom stereocenters. The fourth-order valence-corrected chi connectivity index (χ4v) is 6.90. The molecule has 1 fully saturated rings. The van der Waals surface area contributed by atoms with Crippen LogP contribution in [0.3, 0.4) is 0 Å². The zero-order chi connectivity index (χ0) is 30.2. The highest BCUT2D eigenvalue weighted by molar-refractivity contribution is 7.66. The lowest BCUT2D eigenvalue weighted by molar-refractivity contribution is -0.0490. The van der Waals surface area contributed by atoms with Crippen molar-refractivity contribution in [1.29, 1.82) is 0 Å². The lowest BCUT2D eigenvalue weighted by atomic mass is 10.1. The van der Waals surface area contributed by atoms with Crippen LogP contribution in [-0.4, -0.2) is 63.9 Å². The number of H-pyrrole nitrogens is 1. The highest BCUT2D eigenvalue weighted by Crippen LogP contribution is 2.66. The van der Waals surface area contributed by atoms with Crippen molar-refractivity contribution in [3.05, 3.63) is 52.1 Å². The SMILES string of the molecule is NCc1ccccc1C(=O)O[C@@H]1C[C@H](n2cnc3c(=O)[nH]c(N)nc32)OC1COP(=O)(O)OP(=O)(O)OP(=O)(O)O. The third-order valence-electron chi connectivity index (χ3n) is 5.47. The van der Waals surface area contributed by atoms with E-state index in [1.807, 2.05) is 0 Å². The Morgan fingerprint density at radius 2 is 1.85 bits per heavy atom. The molecule has 3 heterocycles. The maximum absolute atomic E-state index is 13.0. The first-order valence-electron chi connectivity index (χ1n) is 11.2. The molecule has 41 heavy (non-hydrogen) atoms. The molecule has 20 nitrogen and oxygen atoms in total. The number of hydrogen-bond acceptors (Lipinski definition) is 14. The normalized spacial score (nSPS) is 22.3. The number of hydrogen-bond donors (Lipinski definition) is 7. The number of phosphoric ester groups is 1. The van der Waals surface area contributed by atoms with Crippen LogP contribution in [0.25, 0.3) is 11.2 Å². The van der Waals surface area contributed by atoms with Gasteiger partial charge in [-0.15, -0.1) is 0 Å². The van der Waals surface area contributed by atoms with Gasteiger partial charge in [-0.3, -0.25) is 18.9 Å². The van der Waals surface area contributed by atoms with Crippen molar-refractivity contribution >= 4 is 46.5 Å². The van der Waals surface area contributed by atoms with Crippen LogP contribution in [0.5, 0.6) is 0 Å². The van der Waals surface area contributed by atoms with Crippen molar-refractivity contribution in [1.82, 2.24) is 19.5 Å². The van der Waals surface area contributed by atoms with Gasteiger partial charge < -0.3 is 40.5 Å². The number of imidazole rings is 1. The van der Waals surface area contributed by atoms with Gasteiger partial charge in [0.15, 0.2) is 11.2 Å². The minimum atomic E-state index is -5.78. The molecule has 0 saturated carbocycles. The van der Waals surface area contributed by atoms with E-state index in [0.717, 1.165) is 0 Å². The number of fused-ring (bicyclic) bond motifs is 1. The summed E-state index contributed by atoms with van der Waals surface area (Å²) < 4.78 is 59.5. The van der Waals surface area contributed by atoms with Crippen LogP contribution in [0, 0.1) is 0 Å². The van der Waals surface area contributed by atoms with Crippen LogP contribution in [0.2, 0.25) is 0 Å². The molecule has 1 aromatic carbocycles. The monoisotopic (exact) mass is 640 g/mol. The summed E-state index contributed by atoms with van der Waals surface area (Å²) in [7, 11) is -16.9. The summed E-state index contributed by atoms with van der Waals surface area (Å²) in [5, 5.41) is 0. The van der Waals surface area contributed by atoms with Gasteiger partial charge in [0.05, 0.1) is 18.5 Å². The van der Waals surface area contributed by atoms with Crippen molar-refractivity contribution in [3.8, 4) is 0 Å². The summed E-state index contributed by atoms with van der Waals surface area (Å²) >= 11 is 0. The largest absolute Gasteiger partial charge is 0.490 e. The van der Waals surface area contributed by atoms with Gasteiger partial charge in [0.25, 0.3) is 5.56 Å². The Labute approximate surface area is 228 Å². The number of nitrogen functional groups attached to an aromatic ring is 1. The van der Waals surface area contributed by atoms with Crippen LogP contribution in [0.1, 0.15) is 28.6 Å². The Balaban J connectivity index is 1.58. The van der Waals surface area contributed by atoms with E-state index >= 15 is 0 Å². The van der Waals surface area contributed by atoms with E-state index in [9.17, 15) is 33.1 Å². The molecule has 224 valence electrons. The Bertz CT molecular complexity index is 1660. The standard InChI is InChI=1S/C18H23N6O14P3/c19-6-9-3-1-2-4-10(9)17(26)36-11-5-13(24-8-21-14-15(24)22-18(20)23-16(14)25)35-12(11)7-34-40(30,31)38-41(32,33)37-39(27,28)29/h1-4,8,11-13H,5-7,19H2,(H,30,31)(H,32,33)(H2,27,28,29)(H3,20,22,23,25)/t11-,12?,13-/m1/s1. The predicted molar refractivity (Wildman–Crippen MR) is 134 cm³/mol. The Kier molecular flexibility index (Phi) is 8.96. The second kappa shape index (κ2) is 11.8. The molecule has 0 bridgehead atoms. The molecule has 0 amide bonds. The topological polar surface area (TPSA) is 311 Å². The molecule has 1 aliphatic heterocycles. The van der Waals surface area contributed by atoms with Gasteiger partial charge in [-0.1, -0.05) is 18.2 Å². The van der Waals surface area contributed by atoms with Crippen LogP contribution in [0.4, 0.5) is 5.95 Å². The molecule has 2 aromatic heterocycles. The zero-order valence-corrected chi connectivity index (χ0v) is 23.1. The Morgan fingerprint density at radius 3 is 2.54 bits per heavy atom. The number of aromatic nitrogens is 4. The van der Waals surface area contributed by atoms with Gasteiger partial charge in [0, 0.05) is 13.0 Å². The average Bonchev–Trinajstić information content (AvgIpc) is 3.44. The average molecular weight is 640 g/mol. The van der Waals surface area contributed by atoms with E-state index in [1.54, 1.807) is 18.2 Å². The Morgan fingerprint density at radius 1 is 1.15 bits per heavy atom. The first-order chi connectivity index (χ1) is 19.1. The lowest BCUT2D eigenvalue weighted by Gasteiger charge is -2.21. The second-order valence-electron chi connectivity index (χ2n) is 8.33. The fourth-order valence-electron chi connectivity index (χ4n) is 3.87. The van der Waals surface area contributed by atoms with E-state index in [4.69, 9.17) is 30.7 Å². The van der Waals surface area contributed by atoms with E-state index < -0.39 is 60.0 Å². The number of carbonyl (C=O) groups is 1. The van der Waals surface area contributed by atoms with E-state index in [1.165, 1.54) is 17.0 Å². The zero-order valence-electron chi connectivity index (χ0n) is 20.4. The van der Waals surface area contributed by atoms with Crippen LogP contribution >= 0.6 is 23.5 Å². The van der Waals surface area contributed by atoms with Crippen LogP contribution < -0.4 is 17.0 Å². The van der Waals surface area contributed by atoms with Gasteiger partial charge in [-0.2, -0.15) is 13.6 Å². The number of carbonyl (C=O) groups excluding carboxylic acids is 1. The molecular formula is C18H23N6O14P3. The summed E-state index contributed by atoms with van der Waals surface area (Å²) in [6, 6.07) is 6.29. The number of nitrogens with zero attached hydrogens (tertiary/aromatic N) is 3. The van der Waals surface area contributed by atoms with Gasteiger partial charge in [-0.05, 0) is 11.6 Å². The van der Waals surface area contributed by atoms with Crippen molar-refractivity contribution in [2.24, 2.45) is 5.73 Å². The number of nitrogens with one attached hydrogen (secondary N) is 1. The molecular weight excluding hydrogens is 617 g/mol. The number of esters is 1. The van der Waals surface area contributed by atoms with Crippen molar-refractivity contribution in [3.63, 3.8) is 0 Å². The molecule has 1 aliphatic rings. The number of anilines is 1. The van der Waals surface area contributed by atoms with E-state index in [0.29, 0.717) is 5.56 Å². The van der Waals surface area contributed by atoms with Crippen molar-refractivity contribution in [2.75, 3.05) is 12.3 Å². The number of nitrogens with two attached hydrogens (primary N) is 2. The van der Waals surface area contributed by atoms with E-state index in [-0.39, 0.29) is 35.6 Å². The molecule has 4 rings (SSSR count). The van der Waals surface area contributed by atoms with Gasteiger partial charge >= 0.3 is 29.4 Å². The number of benzene rings is 1.